The van der Waals surface area contributed by atoms with Gasteiger partial charge in [-0.05, 0) is 48.6 Å². The Hall–Kier alpha value is -1.72. The maximum atomic E-state index is 4.48. The largest absolute Gasteiger partial charge is 0.372 e. The van der Waals surface area contributed by atoms with E-state index >= 15 is 0 Å². The molecule has 0 aliphatic carbocycles. The molecule has 2 aromatic carbocycles. The lowest BCUT2D eigenvalue weighted by atomic mass is 10.1. The lowest BCUT2D eigenvalue weighted by Crippen LogP contribution is -2.17. The monoisotopic (exact) mass is 401 g/mol. The van der Waals surface area contributed by atoms with Crippen LogP contribution in [0.3, 0.4) is 0 Å². The third-order valence-electron chi connectivity index (χ3n) is 4.02. The van der Waals surface area contributed by atoms with E-state index in [1.165, 1.54) is 18.5 Å². The number of hydrogen-bond acceptors (Lipinski definition) is 3. The van der Waals surface area contributed by atoms with Gasteiger partial charge in [0.25, 0.3) is 0 Å². The van der Waals surface area contributed by atoms with Gasteiger partial charge in [0.15, 0.2) is 0 Å². The molecule has 0 amide bonds. The van der Waals surface area contributed by atoms with E-state index < -0.39 is 0 Å². The number of benzene rings is 2. The van der Waals surface area contributed by atoms with Crippen molar-refractivity contribution >= 4 is 52.0 Å². The van der Waals surface area contributed by atoms with Gasteiger partial charge in [-0.1, -0.05) is 34.1 Å². The Morgan fingerprint density at radius 3 is 2.54 bits per heavy atom. The molecule has 0 bridgehead atoms. The highest BCUT2D eigenvalue weighted by molar-refractivity contribution is 9.10. The predicted molar refractivity (Wildman–Crippen MR) is 111 cm³/mol. The number of rotatable bonds is 5. The Bertz CT molecular complexity index is 735. The van der Waals surface area contributed by atoms with E-state index in [1.807, 2.05) is 24.3 Å². The van der Waals surface area contributed by atoms with Crippen molar-refractivity contribution in [3.8, 4) is 0 Å². The van der Waals surface area contributed by atoms with Crippen LogP contribution in [0.2, 0.25) is 0 Å². The predicted octanol–water partition coefficient (Wildman–Crippen LogP) is 5.42. The van der Waals surface area contributed by atoms with Gasteiger partial charge in [-0.15, -0.1) is 12.6 Å². The van der Waals surface area contributed by atoms with Crippen molar-refractivity contribution in [3.05, 3.63) is 64.0 Å². The highest BCUT2D eigenvalue weighted by Crippen LogP contribution is 2.24. The summed E-state index contributed by atoms with van der Waals surface area (Å²) in [4.78, 5) is 6.91. The number of thiol groups is 1. The van der Waals surface area contributed by atoms with Gasteiger partial charge in [0, 0.05) is 34.5 Å². The number of halogens is 1. The SMILES string of the molecule is S/C=C(\N=CNc1cccc(Br)c1)c1ccc(N2CCCC2)cc1. The molecule has 3 nitrogen and oxygen atoms in total. The molecule has 0 aromatic heterocycles. The molecule has 0 unspecified atom stereocenters. The summed E-state index contributed by atoms with van der Waals surface area (Å²) in [6.45, 7) is 2.31. The Kier molecular flexibility index (Phi) is 5.99. The third kappa shape index (κ3) is 4.42. The van der Waals surface area contributed by atoms with E-state index in [-0.39, 0.29) is 0 Å². The Balaban J connectivity index is 1.66. The molecule has 0 radical (unpaired) electrons. The average Bonchev–Trinajstić information content (AvgIpc) is 3.14. The molecule has 24 heavy (non-hydrogen) atoms. The molecule has 1 saturated heterocycles. The van der Waals surface area contributed by atoms with Crippen LogP contribution in [0, 0.1) is 0 Å². The molecule has 1 aliphatic rings. The molecule has 0 spiro atoms. The van der Waals surface area contributed by atoms with E-state index in [9.17, 15) is 0 Å². The van der Waals surface area contributed by atoms with Crippen LogP contribution in [-0.2, 0) is 0 Å². The molecular weight excluding hydrogens is 382 g/mol. The van der Waals surface area contributed by atoms with E-state index in [0.29, 0.717) is 0 Å². The van der Waals surface area contributed by atoms with E-state index in [1.54, 1.807) is 11.7 Å². The van der Waals surface area contributed by atoms with Crippen LogP contribution in [0.4, 0.5) is 11.4 Å². The van der Waals surface area contributed by atoms with E-state index in [2.05, 4.69) is 68.0 Å². The lowest BCUT2D eigenvalue weighted by molar-refractivity contribution is 0.949. The zero-order valence-electron chi connectivity index (χ0n) is 13.3. The van der Waals surface area contributed by atoms with Crippen molar-refractivity contribution in [1.82, 2.24) is 0 Å². The van der Waals surface area contributed by atoms with Gasteiger partial charge in [0.1, 0.15) is 0 Å². The standard InChI is InChI=1S/C19H20BrN3S/c20-16-4-3-5-17(12-16)21-14-22-19(13-24)15-6-8-18(9-7-15)23-10-1-2-11-23/h3-9,12-14,24H,1-2,10-11H2,(H,21,22)/b19-13-. The molecular formula is C19H20BrN3S. The molecule has 124 valence electrons. The highest BCUT2D eigenvalue weighted by Gasteiger charge is 2.12. The van der Waals surface area contributed by atoms with Gasteiger partial charge in [0.05, 0.1) is 12.0 Å². The van der Waals surface area contributed by atoms with E-state index in [0.717, 1.165) is 34.5 Å². The molecule has 1 fully saturated rings. The van der Waals surface area contributed by atoms with Crippen molar-refractivity contribution in [2.75, 3.05) is 23.3 Å². The third-order valence-corrected chi connectivity index (χ3v) is 4.75. The van der Waals surface area contributed by atoms with Crippen LogP contribution >= 0.6 is 28.6 Å². The summed E-state index contributed by atoms with van der Waals surface area (Å²) in [6.07, 6.45) is 4.27. The van der Waals surface area contributed by atoms with Crippen LogP contribution < -0.4 is 10.2 Å². The molecule has 2 aromatic rings. The summed E-state index contributed by atoms with van der Waals surface area (Å²) in [6, 6.07) is 16.5. The molecule has 0 saturated carbocycles. The van der Waals surface area contributed by atoms with Crippen LogP contribution in [0.15, 0.2) is 63.4 Å². The van der Waals surface area contributed by atoms with Crippen molar-refractivity contribution in [2.45, 2.75) is 12.8 Å². The second-order valence-corrected chi connectivity index (χ2v) is 6.84. The topological polar surface area (TPSA) is 27.6 Å². The second-order valence-electron chi connectivity index (χ2n) is 5.67. The highest BCUT2D eigenvalue weighted by atomic mass is 79.9. The van der Waals surface area contributed by atoms with Crippen LogP contribution in [0.1, 0.15) is 18.4 Å². The first-order chi connectivity index (χ1) is 11.8. The lowest BCUT2D eigenvalue weighted by Gasteiger charge is -2.17. The van der Waals surface area contributed by atoms with Crippen molar-refractivity contribution in [3.63, 3.8) is 0 Å². The molecule has 5 heteroatoms. The minimum absolute atomic E-state index is 0.828. The smallest absolute Gasteiger partial charge is 0.0930 e. The van der Waals surface area contributed by atoms with Gasteiger partial charge in [0.2, 0.25) is 0 Å². The normalized spacial score (nSPS) is 15.2. The summed E-state index contributed by atoms with van der Waals surface area (Å²) >= 11 is 7.75. The number of nitrogens with one attached hydrogen (secondary N) is 1. The minimum Gasteiger partial charge on any atom is -0.372 e. The number of hydrogen-bond donors (Lipinski definition) is 2. The number of anilines is 2. The Morgan fingerprint density at radius 1 is 1.12 bits per heavy atom. The average molecular weight is 402 g/mol. The van der Waals surface area contributed by atoms with Gasteiger partial charge < -0.3 is 10.2 Å². The summed E-state index contributed by atoms with van der Waals surface area (Å²) in [5.74, 6) is 0. The second kappa shape index (κ2) is 8.40. The summed E-state index contributed by atoms with van der Waals surface area (Å²) < 4.78 is 1.03. The van der Waals surface area contributed by atoms with Gasteiger partial charge in [-0.2, -0.15) is 0 Å². The molecule has 1 heterocycles. The zero-order valence-corrected chi connectivity index (χ0v) is 15.8. The number of nitrogens with zero attached hydrogens (tertiary/aromatic N) is 2. The fourth-order valence-corrected chi connectivity index (χ4v) is 3.37. The zero-order chi connectivity index (χ0) is 16.8. The minimum atomic E-state index is 0.828. The fraction of sp³-hybridized carbons (Fsp3) is 0.211. The quantitative estimate of drug-likeness (QED) is 0.397. The first-order valence-electron chi connectivity index (χ1n) is 8.01. The summed E-state index contributed by atoms with van der Waals surface area (Å²) in [5.41, 5.74) is 4.15. The molecule has 0 atom stereocenters. The Morgan fingerprint density at radius 2 is 1.88 bits per heavy atom. The fourth-order valence-electron chi connectivity index (χ4n) is 2.76. The Labute approximate surface area is 157 Å². The van der Waals surface area contributed by atoms with Gasteiger partial charge in [-0.3, -0.25) is 0 Å². The summed E-state index contributed by atoms with van der Waals surface area (Å²) in [5, 5.41) is 4.90. The van der Waals surface area contributed by atoms with E-state index in [4.69, 9.17) is 0 Å². The first kappa shape index (κ1) is 17.1. The van der Waals surface area contributed by atoms with Crippen molar-refractivity contribution < 1.29 is 0 Å². The summed E-state index contributed by atoms with van der Waals surface area (Å²) in [7, 11) is 0. The van der Waals surface area contributed by atoms with Gasteiger partial charge in [-0.25, -0.2) is 4.99 Å². The van der Waals surface area contributed by atoms with Crippen LogP contribution in [0.5, 0.6) is 0 Å². The van der Waals surface area contributed by atoms with Crippen LogP contribution in [0.25, 0.3) is 5.70 Å². The maximum Gasteiger partial charge on any atom is 0.0930 e. The van der Waals surface area contributed by atoms with Crippen LogP contribution in [-0.4, -0.2) is 19.4 Å². The van der Waals surface area contributed by atoms with Crippen molar-refractivity contribution in [1.29, 1.82) is 0 Å². The van der Waals surface area contributed by atoms with Crippen molar-refractivity contribution in [2.24, 2.45) is 4.99 Å². The van der Waals surface area contributed by atoms with Gasteiger partial charge >= 0.3 is 0 Å². The molecule has 3 rings (SSSR count). The first-order valence-corrected chi connectivity index (χ1v) is 9.31. The maximum absolute atomic E-state index is 4.48. The molecule has 1 N–H and O–H groups in total. The number of aliphatic imine (C=N–C) groups is 1. The molecule has 1 aliphatic heterocycles.